The van der Waals surface area contributed by atoms with E-state index in [4.69, 9.17) is 11.5 Å². The lowest BCUT2D eigenvalue weighted by Crippen LogP contribution is -2.35. The predicted molar refractivity (Wildman–Crippen MR) is 157 cm³/mol. The maximum absolute atomic E-state index is 13.2. The summed E-state index contributed by atoms with van der Waals surface area (Å²) in [6, 6.07) is 19.4. The third kappa shape index (κ3) is 11.1. The van der Waals surface area contributed by atoms with E-state index in [0.29, 0.717) is 25.3 Å². The van der Waals surface area contributed by atoms with E-state index in [-0.39, 0.29) is 67.0 Å². The van der Waals surface area contributed by atoms with E-state index in [1.807, 2.05) is 60.7 Å². The van der Waals surface area contributed by atoms with Gasteiger partial charge in [-0.2, -0.15) is 0 Å². The lowest BCUT2D eigenvalue weighted by molar-refractivity contribution is -0.121. The Bertz CT molecular complexity index is 1160. The molecule has 2 aromatic carbocycles. The molecule has 0 unspecified atom stereocenters. The summed E-state index contributed by atoms with van der Waals surface area (Å²) in [4.78, 5) is 34.1. The summed E-state index contributed by atoms with van der Waals surface area (Å²) < 4.78 is 1.46. The van der Waals surface area contributed by atoms with Gasteiger partial charge in [0.25, 0.3) is 5.56 Å². The van der Waals surface area contributed by atoms with Crippen LogP contribution < -0.4 is 27.7 Å². The predicted octanol–water partition coefficient (Wildman–Crippen LogP) is 3.00. The maximum Gasteiger partial charge on any atom is 0.294 e. The number of guanidine groups is 1. The van der Waals surface area contributed by atoms with Crippen molar-refractivity contribution in [1.29, 1.82) is 0 Å². The minimum atomic E-state index is -0.336. The van der Waals surface area contributed by atoms with E-state index in [2.05, 4.69) is 20.6 Å². The van der Waals surface area contributed by atoms with Crippen molar-refractivity contribution < 1.29 is 4.79 Å². The zero-order chi connectivity index (χ0) is 24.2. The van der Waals surface area contributed by atoms with Gasteiger partial charge in [0, 0.05) is 19.6 Å². The molecule has 1 heterocycles. The number of halogens is 3. The fraction of sp³-hybridized carbons (Fsp3) is 0.280. The highest BCUT2D eigenvalue weighted by molar-refractivity contribution is 5.86. The van der Waals surface area contributed by atoms with Crippen LogP contribution in [0.15, 0.2) is 76.6 Å². The Hall–Kier alpha value is -3.27. The number of nitrogens with one attached hydrogen (secondary N) is 2. The van der Waals surface area contributed by atoms with E-state index in [1.165, 1.54) is 4.57 Å². The topological polar surface area (TPSA) is 140 Å². The molecule has 0 fully saturated rings. The lowest BCUT2D eigenvalue weighted by atomic mass is 10.1. The number of nitrogens with two attached hydrogens (primary N) is 2. The lowest BCUT2D eigenvalue weighted by Gasteiger charge is -2.15. The SMILES string of the molecule is Cl.Cl.Cl.NC(N)=NCCCCNC(=O)Cn1c(-c2ccccc2)cnc(NCCc2ccccc2)c1=O. The van der Waals surface area contributed by atoms with E-state index in [1.54, 1.807) is 6.20 Å². The van der Waals surface area contributed by atoms with Gasteiger partial charge in [-0.25, -0.2) is 4.98 Å². The molecule has 1 amide bonds. The van der Waals surface area contributed by atoms with Gasteiger partial charge in [0.2, 0.25) is 5.91 Å². The molecule has 3 aromatic rings. The number of aromatic nitrogens is 2. The number of carbonyl (C=O) groups is 1. The Morgan fingerprint density at radius 3 is 2.22 bits per heavy atom. The van der Waals surface area contributed by atoms with Crippen LogP contribution in [0.25, 0.3) is 11.3 Å². The largest absolute Gasteiger partial charge is 0.370 e. The third-order valence-corrected chi connectivity index (χ3v) is 5.18. The highest BCUT2D eigenvalue weighted by Gasteiger charge is 2.14. The van der Waals surface area contributed by atoms with Crippen molar-refractivity contribution in [3.63, 3.8) is 0 Å². The summed E-state index contributed by atoms with van der Waals surface area (Å²) in [5.41, 5.74) is 12.8. The molecule has 0 saturated heterocycles. The summed E-state index contributed by atoms with van der Waals surface area (Å²) in [5.74, 6) is 0.0333. The summed E-state index contributed by atoms with van der Waals surface area (Å²) in [5, 5.41) is 5.98. The number of rotatable bonds is 12. The first kappa shape index (κ1) is 33.7. The highest BCUT2D eigenvalue weighted by Crippen LogP contribution is 2.17. The van der Waals surface area contributed by atoms with Crippen LogP contribution in [0.5, 0.6) is 0 Å². The Kier molecular flexibility index (Phi) is 16.5. The van der Waals surface area contributed by atoms with Gasteiger partial charge in [0.05, 0.1) is 11.9 Å². The number of hydrogen-bond donors (Lipinski definition) is 4. The number of unbranched alkanes of at least 4 members (excludes halogenated alkanes) is 1. The average molecular weight is 571 g/mol. The van der Waals surface area contributed by atoms with Crippen molar-refractivity contribution in [2.24, 2.45) is 16.5 Å². The standard InChI is InChI=1S/C25H31N7O2.3ClH/c26-25(27)30-15-8-7-14-28-22(33)18-32-21(20-11-5-2-6-12-20)17-31-23(24(32)34)29-16-13-19-9-3-1-4-10-19;;;/h1-6,9-12,17H,7-8,13-16,18H2,(H,28,33)(H,29,31)(H4,26,27,30);3*1H. The number of amides is 1. The van der Waals surface area contributed by atoms with Crippen molar-refractivity contribution in [1.82, 2.24) is 14.9 Å². The third-order valence-electron chi connectivity index (χ3n) is 5.18. The van der Waals surface area contributed by atoms with E-state index >= 15 is 0 Å². The first-order valence-corrected chi connectivity index (χ1v) is 11.3. The quantitative estimate of drug-likeness (QED) is 0.150. The minimum Gasteiger partial charge on any atom is -0.370 e. The monoisotopic (exact) mass is 569 g/mol. The van der Waals surface area contributed by atoms with Crippen LogP contribution in [-0.4, -0.2) is 41.1 Å². The van der Waals surface area contributed by atoms with Crippen molar-refractivity contribution in [3.8, 4) is 11.3 Å². The zero-order valence-electron chi connectivity index (χ0n) is 20.3. The fourth-order valence-corrected chi connectivity index (χ4v) is 3.45. The first-order valence-electron chi connectivity index (χ1n) is 11.3. The molecule has 0 atom stereocenters. The zero-order valence-corrected chi connectivity index (χ0v) is 22.8. The summed E-state index contributed by atoms with van der Waals surface area (Å²) >= 11 is 0. The second kappa shape index (κ2) is 18.0. The molecule has 0 radical (unpaired) electrons. The van der Waals surface area contributed by atoms with Crippen LogP contribution in [0.1, 0.15) is 18.4 Å². The van der Waals surface area contributed by atoms with Crippen molar-refractivity contribution in [3.05, 3.63) is 82.8 Å². The van der Waals surface area contributed by atoms with Crippen LogP contribution in [0, 0.1) is 0 Å². The van der Waals surface area contributed by atoms with Gasteiger partial charge in [-0.3, -0.25) is 19.1 Å². The van der Waals surface area contributed by atoms with Crippen LogP contribution >= 0.6 is 37.2 Å². The fourth-order valence-electron chi connectivity index (χ4n) is 3.45. The minimum absolute atomic E-state index is 0. The molecule has 1 aromatic heterocycles. The number of hydrogen-bond acceptors (Lipinski definition) is 5. The molecule has 202 valence electrons. The van der Waals surface area contributed by atoms with Crippen molar-refractivity contribution >= 4 is 54.9 Å². The molecular formula is C25H34Cl3N7O2. The van der Waals surface area contributed by atoms with Crippen LogP contribution in [0.3, 0.4) is 0 Å². The number of anilines is 1. The highest BCUT2D eigenvalue weighted by atomic mass is 35.5. The van der Waals surface area contributed by atoms with Crippen LogP contribution in [0.4, 0.5) is 5.82 Å². The number of benzene rings is 2. The van der Waals surface area contributed by atoms with E-state index in [0.717, 1.165) is 30.4 Å². The smallest absolute Gasteiger partial charge is 0.294 e. The van der Waals surface area contributed by atoms with Gasteiger partial charge in [-0.15, -0.1) is 37.2 Å². The Labute approximate surface area is 235 Å². The van der Waals surface area contributed by atoms with E-state index < -0.39 is 0 Å². The molecule has 0 saturated carbocycles. The molecule has 9 nitrogen and oxygen atoms in total. The Morgan fingerprint density at radius 1 is 0.919 bits per heavy atom. The normalized spacial score (nSPS) is 9.62. The number of aliphatic imine (C=N–C) groups is 1. The summed E-state index contributed by atoms with van der Waals surface area (Å²) in [6.45, 7) is 1.44. The summed E-state index contributed by atoms with van der Waals surface area (Å²) in [7, 11) is 0. The van der Waals surface area contributed by atoms with E-state index in [9.17, 15) is 9.59 Å². The molecule has 12 heteroatoms. The number of nitrogens with zero attached hydrogens (tertiary/aromatic N) is 3. The van der Waals surface area contributed by atoms with Gasteiger partial charge in [-0.1, -0.05) is 60.7 Å². The summed E-state index contributed by atoms with van der Waals surface area (Å²) in [6.07, 6.45) is 3.86. The molecule has 0 aliphatic carbocycles. The average Bonchev–Trinajstić information content (AvgIpc) is 2.84. The van der Waals surface area contributed by atoms with Gasteiger partial charge in [0.15, 0.2) is 11.8 Å². The van der Waals surface area contributed by atoms with Gasteiger partial charge >= 0.3 is 0 Å². The molecule has 0 aliphatic heterocycles. The second-order valence-electron chi connectivity index (χ2n) is 7.78. The Balaban J connectivity index is 0.00000432. The number of carbonyl (C=O) groups excluding carboxylic acids is 1. The van der Waals surface area contributed by atoms with Gasteiger partial charge < -0.3 is 22.1 Å². The van der Waals surface area contributed by atoms with Crippen molar-refractivity contribution in [2.75, 3.05) is 25.0 Å². The van der Waals surface area contributed by atoms with Crippen LogP contribution in [0.2, 0.25) is 0 Å². The molecule has 0 bridgehead atoms. The molecular weight excluding hydrogens is 537 g/mol. The van der Waals surface area contributed by atoms with Gasteiger partial charge in [-0.05, 0) is 30.4 Å². The molecule has 0 spiro atoms. The van der Waals surface area contributed by atoms with Gasteiger partial charge in [0.1, 0.15) is 6.54 Å². The molecule has 0 aliphatic rings. The van der Waals surface area contributed by atoms with Crippen LogP contribution in [-0.2, 0) is 17.8 Å². The second-order valence-corrected chi connectivity index (χ2v) is 7.78. The molecule has 37 heavy (non-hydrogen) atoms. The molecule has 6 N–H and O–H groups in total. The van der Waals surface area contributed by atoms with Crippen molar-refractivity contribution in [2.45, 2.75) is 25.8 Å². The maximum atomic E-state index is 13.2. The molecule has 3 rings (SSSR count). The first-order chi connectivity index (χ1) is 16.5. The Morgan fingerprint density at radius 2 is 1.57 bits per heavy atom.